The van der Waals surface area contributed by atoms with E-state index in [1.165, 1.54) is 0 Å². The summed E-state index contributed by atoms with van der Waals surface area (Å²) in [5.74, 6) is 1.54. The summed E-state index contributed by atoms with van der Waals surface area (Å²) in [6, 6.07) is 5.77. The highest BCUT2D eigenvalue weighted by molar-refractivity contribution is 7.14. The largest absolute Gasteiger partial charge is 0.454 e. The molecular weight excluding hydrogens is 238 g/mol. The van der Waals surface area contributed by atoms with E-state index in [4.69, 9.17) is 15.2 Å². The van der Waals surface area contributed by atoms with Gasteiger partial charge in [0, 0.05) is 12.0 Å². The van der Waals surface area contributed by atoms with Gasteiger partial charge in [0.15, 0.2) is 11.5 Å². The van der Waals surface area contributed by atoms with Crippen LogP contribution in [0, 0.1) is 0 Å². The minimum atomic E-state index is 0.285. The van der Waals surface area contributed by atoms with E-state index in [0.29, 0.717) is 6.54 Å². The average molecular weight is 249 g/mol. The van der Waals surface area contributed by atoms with Crippen LogP contribution in [0.4, 0.5) is 0 Å². The molecule has 0 saturated carbocycles. The number of ether oxygens (including phenoxy) is 2. The Morgan fingerprint density at radius 2 is 2.12 bits per heavy atom. The van der Waals surface area contributed by atoms with E-state index in [1.807, 2.05) is 18.2 Å². The molecule has 0 bridgehead atoms. The highest BCUT2D eigenvalue weighted by atomic mass is 32.1. The van der Waals surface area contributed by atoms with Gasteiger partial charge in [-0.1, -0.05) is 11.3 Å². The average Bonchev–Trinajstić information content (AvgIpc) is 2.96. The van der Waals surface area contributed by atoms with Gasteiger partial charge in [-0.15, -0.1) is 10.2 Å². The van der Waals surface area contributed by atoms with Gasteiger partial charge in [-0.3, -0.25) is 0 Å². The van der Waals surface area contributed by atoms with Gasteiger partial charge in [-0.2, -0.15) is 0 Å². The van der Waals surface area contributed by atoms with Crippen molar-refractivity contribution >= 4 is 11.3 Å². The summed E-state index contributed by atoms with van der Waals surface area (Å²) in [6.07, 6.45) is 0.766. The number of aromatic nitrogens is 2. The lowest BCUT2D eigenvalue weighted by Crippen LogP contribution is -2.01. The molecule has 88 valence electrons. The first-order valence-electron chi connectivity index (χ1n) is 5.29. The predicted molar refractivity (Wildman–Crippen MR) is 64.2 cm³/mol. The van der Waals surface area contributed by atoms with E-state index in [2.05, 4.69) is 10.2 Å². The standard InChI is InChI=1S/C11H11N3O2S/c12-4-3-10-13-14-11(17-10)7-1-2-8-9(5-7)16-6-15-8/h1-2,5H,3-4,6,12H2. The Kier molecular flexibility index (Phi) is 2.66. The van der Waals surface area contributed by atoms with Crippen molar-refractivity contribution in [3.05, 3.63) is 23.2 Å². The fourth-order valence-electron chi connectivity index (χ4n) is 1.62. The highest BCUT2D eigenvalue weighted by Crippen LogP contribution is 2.36. The molecular formula is C11H11N3O2S. The molecule has 0 atom stereocenters. The van der Waals surface area contributed by atoms with E-state index in [0.717, 1.165) is 33.5 Å². The first kappa shape index (κ1) is 10.5. The Labute approximate surface area is 102 Å². The van der Waals surface area contributed by atoms with Gasteiger partial charge >= 0.3 is 0 Å². The fraction of sp³-hybridized carbons (Fsp3) is 0.273. The smallest absolute Gasteiger partial charge is 0.231 e. The zero-order valence-electron chi connectivity index (χ0n) is 9.05. The van der Waals surface area contributed by atoms with E-state index < -0.39 is 0 Å². The van der Waals surface area contributed by atoms with Crippen LogP contribution in [0.2, 0.25) is 0 Å². The normalized spacial score (nSPS) is 13.0. The molecule has 0 fully saturated rings. The first-order valence-corrected chi connectivity index (χ1v) is 6.11. The number of fused-ring (bicyclic) bond motifs is 1. The van der Waals surface area contributed by atoms with Gasteiger partial charge in [0.05, 0.1) is 0 Å². The lowest BCUT2D eigenvalue weighted by molar-refractivity contribution is 0.174. The Morgan fingerprint density at radius 3 is 3.00 bits per heavy atom. The molecule has 1 aromatic heterocycles. The Morgan fingerprint density at radius 1 is 1.24 bits per heavy atom. The molecule has 2 aromatic rings. The van der Waals surface area contributed by atoms with Crippen LogP contribution in [0.1, 0.15) is 5.01 Å². The van der Waals surface area contributed by atoms with Crippen LogP contribution in [0.5, 0.6) is 11.5 Å². The summed E-state index contributed by atoms with van der Waals surface area (Å²) in [5.41, 5.74) is 6.48. The minimum Gasteiger partial charge on any atom is -0.454 e. The molecule has 2 N–H and O–H groups in total. The second kappa shape index (κ2) is 4.31. The topological polar surface area (TPSA) is 70.3 Å². The lowest BCUT2D eigenvalue weighted by Gasteiger charge is -1.98. The van der Waals surface area contributed by atoms with Crippen molar-refractivity contribution in [2.45, 2.75) is 6.42 Å². The summed E-state index contributed by atoms with van der Waals surface area (Å²) in [5, 5.41) is 10.1. The van der Waals surface area contributed by atoms with Crippen molar-refractivity contribution in [1.82, 2.24) is 10.2 Å². The molecule has 0 amide bonds. The summed E-state index contributed by atoms with van der Waals surface area (Å²) in [6.45, 7) is 0.878. The molecule has 6 heteroatoms. The predicted octanol–water partition coefficient (Wildman–Crippen LogP) is 1.43. The molecule has 0 unspecified atom stereocenters. The summed E-state index contributed by atoms with van der Waals surface area (Å²) in [4.78, 5) is 0. The zero-order valence-corrected chi connectivity index (χ0v) is 9.87. The maximum Gasteiger partial charge on any atom is 0.231 e. The van der Waals surface area contributed by atoms with Crippen LogP contribution in [0.3, 0.4) is 0 Å². The molecule has 0 spiro atoms. The molecule has 5 nitrogen and oxygen atoms in total. The minimum absolute atomic E-state index is 0.285. The number of nitrogens with zero attached hydrogens (tertiary/aromatic N) is 2. The van der Waals surface area contributed by atoms with Crippen molar-refractivity contribution in [3.63, 3.8) is 0 Å². The monoisotopic (exact) mass is 249 g/mol. The molecule has 0 radical (unpaired) electrons. The number of nitrogens with two attached hydrogens (primary N) is 1. The molecule has 17 heavy (non-hydrogen) atoms. The third-order valence-electron chi connectivity index (χ3n) is 2.44. The SMILES string of the molecule is NCCc1nnc(-c2ccc3c(c2)OCO3)s1. The zero-order chi connectivity index (χ0) is 11.7. The maximum absolute atomic E-state index is 5.48. The highest BCUT2D eigenvalue weighted by Gasteiger charge is 2.15. The molecule has 3 rings (SSSR count). The molecule has 1 aromatic carbocycles. The summed E-state index contributed by atoms with van der Waals surface area (Å²) >= 11 is 1.56. The second-order valence-electron chi connectivity index (χ2n) is 3.61. The van der Waals surface area contributed by atoms with Crippen molar-refractivity contribution < 1.29 is 9.47 Å². The van der Waals surface area contributed by atoms with Crippen molar-refractivity contribution in [2.24, 2.45) is 5.73 Å². The van der Waals surface area contributed by atoms with Crippen LogP contribution >= 0.6 is 11.3 Å². The molecule has 1 aliphatic rings. The van der Waals surface area contributed by atoms with Gasteiger partial charge in [0.25, 0.3) is 0 Å². The van der Waals surface area contributed by atoms with Crippen LogP contribution in [0.15, 0.2) is 18.2 Å². The Balaban J connectivity index is 1.92. The van der Waals surface area contributed by atoms with Gasteiger partial charge in [-0.25, -0.2) is 0 Å². The van der Waals surface area contributed by atoms with Crippen molar-refractivity contribution in [3.8, 4) is 22.1 Å². The van der Waals surface area contributed by atoms with Crippen molar-refractivity contribution in [2.75, 3.05) is 13.3 Å². The van der Waals surface area contributed by atoms with Crippen molar-refractivity contribution in [1.29, 1.82) is 0 Å². The van der Waals surface area contributed by atoms with E-state index in [-0.39, 0.29) is 6.79 Å². The fourth-order valence-corrected chi connectivity index (χ4v) is 2.48. The number of rotatable bonds is 3. The number of hydrogen-bond acceptors (Lipinski definition) is 6. The Bertz CT molecular complexity index is 541. The lowest BCUT2D eigenvalue weighted by atomic mass is 10.2. The third-order valence-corrected chi connectivity index (χ3v) is 3.48. The van der Waals surface area contributed by atoms with Crippen LogP contribution < -0.4 is 15.2 Å². The maximum atomic E-state index is 5.48. The van der Waals surface area contributed by atoms with E-state index >= 15 is 0 Å². The Hall–Kier alpha value is -1.66. The van der Waals surface area contributed by atoms with Gasteiger partial charge in [0.1, 0.15) is 10.0 Å². The van der Waals surface area contributed by atoms with Gasteiger partial charge < -0.3 is 15.2 Å². The summed E-state index contributed by atoms with van der Waals surface area (Å²) < 4.78 is 10.6. The molecule has 0 aliphatic carbocycles. The molecule has 2 heterocycles. The summed E-state index contributed by atoms with van der Waals surface area (Å²) in [7, 11) is 0. The van der Waals surface area contributed by atoms with Crippen LogP contribution in [-0.4, -0.2) is 23.5 Å². The quantitative estimate of drug-likeness (QED) is 0.891. The molecule has 1 aliphatic heterocycles. The second-order valence-corrected chi connectivity index (χ2v) is 4.67. The van der Waals surface area contributed by atoms with Crippen LogP contribution in [-0.2, 0) is 6.42 Å². The molecule has 0 saturated heterocycles. The van der Waals surface area contributed by atoms with Crippen LogP contribution in [0.25, 0.3) is 10.6 Å². The number of hydrogen-bond donors (Lipinski definition) is 1. The number of benzene rings is 1. The van der Waals surface area contributed by atoms with Gasteiger partial charge in [-0.05, 0) is 24.7 Å². The van der Waals surface area contributed by atoms with Gasteiger partial charge in [0.2, 0.25) is 6.79 Å². The third kappa shape index (κ3) is 1.96. The van der Waals surface area contributed by atoms with E-state index in [9.17, 15) is 0 Å². The first-order chi connectivity index (χ1) is 8.36. The van der Waals surface area contributed by atoms with E-state index in [1.54, 1.807) is 11.3 Å².